The molecular weight excluding hydrogens is 472 g/mol. The summed E-state index contributed by atoms with van der Waals surface area (Å²) in [6.07, 6.45) is 6.91. The van der Waals surface area contributed by atoms with Gasteiger partial charge < -0.3 is 19.5 Å². The van der Waals surface area contributed by atoms with Gasteiger partial charge in [-0.25, -0.2) is 0 Å². The van der Waals surface area contributed by atoms with Crippen molar-refractivity contribution in [2.24, 2.45) is 0 Å². The van der Waals surface area contributed by atoms with E-state index >= 15 is 0 Å². The second-order valence-electron chi connectivity index (χ2n) is 10.7. The van der Waals surface area contributed by atoms with Crippen LogP contribution in [0.15, 0.2) is 60.7 Å². The number of fused-ring (bicyclic) bond motifs is 1. The van der Waals surface area contributed by atoms with Crippen molar-refractivity contribution in [3.63, 3.8) is 0 Å². The fourth-order valence-corrected chi connectivity index (χ4v) is 6.06. The van der Waals surface area contributed by atoms with E-state index in [1.807, 2.05) is 12.1 Å². The van der Waals surface area contributed by atoms with Crippen molar-refractivity contribution < 1.29 is 14.6 Å². The zero-order valence-electron chi connectivity index (χ0n) is 23.0. The van der Waals surface area contributed by atoms with Gasteiger partial charge in [0.15, 0.2) is 0 Å². The highest BCUT2D eigenvalue weighted by atomic mass is 16.5. The second kappa shape index (κ2) is 12.6. The maximum Gasteiger partial charge on any atom is 0.120 e. The second-order valence-corrected chi connectivity index (χ2v) is 10.7. The Kier molecular flexibility index (Phi) is 8.75. The average Bonchev–Trinajstić information content (AvgIpc) is 3.37. The lowest BCUT2D eigenvalue weighted by Crippen LogP contribution is -2.25. The third-order valence-corrected chi connectivity index (χ3v) is 8.23. The van der Waals surface area contributed by atoms with Gasteiger partial charge in [0.25, 0.3) is 0 Å². The number of hydrogen-bond acceptors (Lipinski definition) is 5. The maximum atomic E-state index is 9.98. The standard InChI is InChI=1S/C33H42N2O3/c1-3-35(24-25-9-13-30(14-10-25)38-20-19-34-17-4-5-18-34)33-23-31(37-2)15-16-32(33)28-8-6-7-26-22-29(36)12-11-27(26)21-28/h9-16,22-23,28,36H,3-8,17-21,24H2,1-2H3. The van der Waals surface area contributed by atoms with Gasteiger partial charge in [-0.1, -0.05) is 24.3 Å². The maximum absolute atomic E-state index is 9.98. The molecule has 3 aromatic carbocycles. The van der Waals surface area contributed by atoms with Gasteiger partial charge in [-0.3, -0.25) is 4.90 Å². The molecule has 1 fully saturated rings. The van der Waals surface area contributed by atoms with Crippen LogP contribution in [0.3, 0.4) is 0 Å². The molecule has 1 saturated heterocycles. The molecule has 0 amide bonds. The Morgan fingerprint density at radius 3 is 2.47 bits per heavy atom. The molecule has 0 aromatic heterocycles. The SMILES string of the molecule is CCN(Cc1ccc(OCCN2CCCC2)cc1)c1cc(OC)ccc1C1CCCc2cc(O)ccc2C1. The Morgan fingerprint density at radius 1 is 0.921 bits per heavy atom. The van der Waals surface area contributed by atoms with Gasteiger partial charge in [-0.2, -0.15) is 0 Å². The van der Waals surface area contributed by atoms with E-state index in [0.717, 1.165) is 63.4 Å². The summed E-state index contributed by atoms with van der Waals surface area (Å²) in [7, 11) is 1.74. The monoisotopic (exact) mass is 514 g/mol. The molecule has 5 nitrogen and oxygen atoms in total. The summed E-state index contributed by atoms with van der Waals surface area (Å²) in [5.41, 5.74) is 6.56. The van der Waals surface area contributed by atoms with Crippen LogP contribution in [-0.4, -0.2) is 49.9 Å². The smallest absolute Gasteiger partial charge is 0.120 e. The van der Waals surface area contributed by atoms with Gasteiger partial charge in [0.05, 0.1) is 7.11 Å². The first-order chi connectivity index (χ1) is 18.6. The molecule has 5 rings (SSSR count). The third-order valence-electron chi connectivity index (χ3n) is 8.23. The average molecular weight is 515 g/mol. The number of anilines is 1. The first-order valence-electron chi connectivity index (χ1n) is 14.3. The van der Waals surface area contributed by atoms with Crippen molar-refractivity contribution >= 4 is 5.69 Å². The first kappa shape index (κ1) is 26.4. The lowest BCUT2D eigenvalue weighted by atomic mass is 9.88. The molecule has 0 spiro atoms. The predicted molar refractivity (Wildman–Crippen MR) is 155 cm³/mol. The molecule has 1 aliphatic heterocycles. The number of aryl methyl sites for hydroxylation is 1. The van der Waals surface area contributed by atoms with Gasteiger partial charge in [-0.15, -0.1) is 0 Å². The topological polar surface area (TPSA) is 45.2 Å². The molecule has 0 bridgehead atoms. The number of aromatic hydroxyl groups is 1. The summed E-state index contributed by atoms with van der Waals surface area (Å²) in [6, 6.07) is 21.1. The lowest BCUT2D eigenvalue weighted by Gasteiger charge is -2.29. The van der Waals surface area contributed by atoms with Crippen LogP contribution in [0.5, 0.6) is 17.2 Å². The zero-order valence-corrected chi connectivity index (χ0v) is 23.0. The number of nitrogens with zero attached hydrogens (tertiary/aromatic N) is 2. The van der Waals surface area contributed by atoms with E-state index in [4.69, 9.17) is 9.47 Å². The normalized spacial score (nSPS) is 17.6. The van der Waals surface area contributed by atoms with Crippen molar-refractivity contribution in [3.05, 3.63) is 82.9 Å². The highest BCUT2D eigenvalue weighted by Gasteiger charge is 2.23. The highest BCUT2D eigenvalue weighted by molar-refractivity contribution is 5.59. The van der Waals surface area contributed by atoms with Crippen LogP contribution in [0, 0.1) is 0 Å². The minimum atomic E-state index is 0.368. The van der Waals surface area contributed by atoms with E-state index in [1.165, 1.54) is 53.9 Å². The largest absolute Gasteiger partial charge is 0.508 e. The molecular formula is C33H42N2O3. The number of hydrogen-bond donors (Lipinski definition) is 1. The molecule has 1 aliphatic carbocycles. The minimum absolute atomic E-state index is 0.368. The van der Waals surface area contributed by atoms with Gasteiger partial charge in [0.2, 0.25) is 0 Å². The quantitative estimate of drug-likeness (QED) is 0.310. The molecule has 202 valence electrons. The van der Waals surface area contributed by atoms with Gasteiger partial charge >= 0.3 is 0 Å². The number of ether oxygens (including phenoxy) is 2. The van der Waals surface area contributed by atoms with Crippen LogP contribution >= 0.6 is 0 Å². The fourth-order valence-electron chi connectivity index (χ4n) is 6.06. The van der Waals surface area contributed by atoms with Crippen LogP contribution in [-0.2, 0) is 19.4 Å². The van der Waals surface area contributed by atoms with E-state index < -0.39 is 0 Å². The number of methoxy groups -OCH3 is 1. The molecule has 1 unspecified atom stereocenters. The molecule has 3 aromatic rings. The van der Waals surface area contributed by atoms with E-state index in [0.29, 0.717) is 11.7 Å². The van der Waals surface area contributed by atoms with Gasteiger partial charge in [0.1, 0.15) is 23.9 Å². The summed E-state index contributed by atoms with van der Waals surface area (Å²) >= 11 is 0. The van der Waals surface area contributed by atoms with Crippen LogP contribution in [0.25, 0.3) is 0 Å². The summed E-state index contributed by atoms with van der Waals surface area (Å²) in [5, 5.41) is 9.98. The molecule has 1 N–H and O–H groups in total. The summed E-state index contributed by atoms with van der Waals surface area (Å²) < 4.78 is 11.7. The van der Waals surface area contributed by atoms with Crippen LogP contribution in [0.1, 0.15) is 60.8 Å². The zero-order chi connectivity index (χ0) is 26.3. The predicted octanol–water partition coefficient (Wildman–Crippen LogP) is 6.56. The molecule has 2 aliphatic rings. The lowest BCUT2D eigenvalue weighted by molar-refractivity contribution is 0.238. The molecule has 5 heteroatoms. The van der Waals surface area contributed by atoms with Crippen molar-refractivity contribution in [2.75, 3.05) is 44.8 Å². The van der Waals surface area contributed by atoms with Crippen LogP contribution < -0.4 is 14.4 Å². The van der Waals surface area contributed by atoms with Crippen LogP contribution in [0.2, 0.25) is 0 Å². The van der Waals surface area contributed by atoms with Crippen molar-refractivity contribution in [1.29, 1.82) is 0 Å². The van der Waals surface area contributed by atoms with E-state index in [1.54, 1.807) is 7.11 Å². The van der Waals surface area contributed by atoms with E-state index in [2.05, 4.69) is 65.3 Å². The molecule has 0 radical (unpaired) electrons. The van der Waals surface area contributed by atoms with E-state index in [9.17, 15) is 5.11 Å². The first-order valence-corrected chi connectivity index (χ1v) is 14.3. The van der Waals surface area contributed by atoms with Crippen molar-refractivity contribution in [2.45, 2.75) is 57.9 Å². The summed E-state index contributed by atoms with van der Waals surface area (Å²) in [4.78, 5) is 4.94. The number of benzene rings is 3. The Bertz CT molecular complexity index is 1190. The summed E-state index contributed by atoms with van der Waals surface area (Å²) in [6.45, 7) is 8.14. The minimum Gasteiger partial charge on any atom is -0.508 e. The molecule has 0 saturated carbocycles. The highest BCUT2D eigenvalue weighted by Crippen LogP contribution is 2.39. The van der Waals surface area contributed by atoms with Crippen molar-refractivity contribution in [1.82, 2.24) is 4.90 Å². The molecule has 1 heterocycles. The van der Waals surface area contributed by atoms with Crippen LogP contribution in [0.4, 0.5) is 5.69 Å². The molecule has 1 atom stereocenters. The number of rotatable bonds is 10. The van der Waals surface area contributed by atoms with Gasteiger partial charge in [0, 0.05) is 31.4 Å². The summed E-state index contributed by atoms with van der Waals surface area (Å²) in [5.74, 6) is 2.64. The van der Waals surface area contributed by atoms with Crippen molar-refractivity contribution in [3.8, 4) is 17.2 Å². The number of likely N-dealkylation sites (tertiary alicyclic amines) is 1. The Hall–Kier alpha value is -3.18. The molecule has 38 heavy (non-hydrogen) atoms. The third kappa shape index (κ3) is 6.44. The van der Waals surface area contributed by atoms with E-state index in [-0.39, 0.29) is 0 Å². The number of phenols is 1. The Labute approximate surface area is 228 Å². The fraction of sp³-hybridized carbons (Fsp3) is 0.455. The Morgan fingerprint density at radius 2 is 1.71 bits per heavy atom. The Balaban J connectivity index is 1.31. The number of phenolic OH excluding ortho intramolecular Hbond substituents is 1. The van der Waals surface area contributed by atoms with Gasteiger partial charge in [-0.05, 0) is 117 Å².